The maximum Gasteiger partial charge on any atom is 0.335 e. The zero-order valence-corrected chi connectivity index (χ0v) is 10.8. The van der Waals surface area contributed by atoms with Gasteiger partial charge in [-0.05, 0) is 31.0 Å². The molecule has 2 rings (SSSR count). The fourth-order valence-electron chi connectivity index (χ4n) is 1.93. The fourth-order valence-corrected chi connectivity index (χ4v) is 1.93. The molecule has 102 valence electrons. The molecule has 5 nitrogen and oxygen atoms in total. The lowest BCUT2D eigenvalue weighted by Crippen LogP contribution is -2.26. The van der Waals surface area contributed by atoms with Crippen LogP contribution in [0, 0.1) is 5.92 Å². The summed E-state index contributed by atoms with van der Waals surface area (Å²) in [5, 5.41) is 11.6. The minimum Gasteiger partial charge on any atom is -0.478 e. The van der Waals surface area contributed by atoms with Gasteiger partial charge < -0.3 is 15.2 Å². The summed E-state index contributed by atoms with van der Waals surface area (Å²) in [7, 11) is 0. The highest BCUT2D eigenvalue weighted by atomic mass is 16.5. The van der Waals surface area contributed by atoms with Crippen LogP contribution < -0.4 is 5.32 Å². The first-order valence-corrected chi connectivity index (χ1v) is 6.33. The van der Waals surface area contributed by atoms with Crippen LogP contribution >= 0.6 is 0 Å². The lowest BCUT2D eigenvalue weighted by Gasteiger charge is -2.05. The zero-order valence-electron chi connectivity index (χ0n) is 10.8. The predicted molar refractivity (Wildman–Crippen MR) is 68.8 cm³/mol. The van der Waals surface area contributed by atoms with E-state index in [1.54, 1.807) is 12.1 Å². The molecule has 0 saturated heterocycles. The van der Waals surface area contributed by atoms with Crippen LogP contribution in [0.25, 0.3) is 0 Å². The molecule has 1 aromatic carbocycles. The van der Waals surface area contributed by atoms with Crippen LogP contribution in [0.1, 0.15) is 29.3 Å². The molecule has 1 fully saturated rings. The van der Waals surface area contributed by atoms with Crippen LogP contribution in [-0.2, 0) is 16.1 Å². The van der Waals surface area contributed by atoms with Gasteiger partial charge in [0.1, 0.15) is 0 Å². The average molecular weight is 263 g/mol. The van der Waals surface area contributed by atoms with Crippen molar-refractivity contribution in [2.24, 2.45) is 5.92 Å². The van der Waals surface area contributed by atoms with Crippen molar-refractivity contribution in [1.82, 2.24) is 5.32 Å². The largest absolute Gasteiger partial charge is 0.478 e. The molecule has 0 unspecified atom stereocenters. The van der Waals surface area contributed by atoms with Gasteiger partial charge in [0.05, 0.1) is 17.6 Å². The molecule has 5 heteroatoms. The molecule has 0 aromatic heterocycles. The Morgan fingerprint density at radius 3 is 2.63 bits per heavy atom. The second-order valence-electron chi connectivity index (χ2n) is 4.56. The first kappa shape index (κ1) is 13.5. The Morgan fingerprint density at radius 1 is 1.37 bits per heavy atom. The number of ether oxygens (including phenoxy) is 1. The summed E-state index contributed by atoms with van der Waals surface area (Å²) < 4.78 is 5.35. The molecular formula is C14H17NO4. The van der Waals surface area contributed by atoms with E-state index in [4.69, 9.17) is 9.84 Å². The summed E-state index contributed by atoms with van der Waals surface area (Å²) in [4.78, 5) is 22.4. The van der Waals surface area contributed by atoms with Gasteiger partial charge in [-0.15, -0.1) is 0 Å². The Kier molecular flexibility index (Phi) is 4.16. The van der Waals surface area contributed by atoms with E-state index < -0.39 is 5.97 Å². The van der Waals surface area contributed by atoms with Crippen LogP contribution in [0.3, 0.4) is 0 Å². The Balaban J connectivity index is 1.79. The maximum absolute atomic E-state index is 11.8. The summed E-state index contributed by atoms with van der Waals surface area (Å²) in [6.45, 7) is 2.95. The van der Waals surface area contributed by atoms with Gasteiger partial charge in [-0.3, -0.25) is 4.79 Å². The zero-order chi connectivity index (χ0) is 13.8. The highest BCUT2D eigenvalue weighted by Gasteiger charge is 2.43. The summed E-state index contributed by atoms with van der Waals surface area (Å²) >= 11 is 0. The second-order valence-corrected chi connectivity index (χ2v) is 4.56. The van der Waals surface area contributed by atoms with Gasteiger partial charge in [0, 0.05) is 13.2 Å². The van der Waals surface area contributed by atoms with Crippen molar-refractivity contribution in [3.05, 3.63) is 35.4 Å². The molecule has 1 aliphatic carbocycles. The Hall–Kier alpha value is -1.88. The molecular weight excluding hydrogens is 246 g/mol. The number of rotatable bonds is 6. The summed E-state index contributed by atoms with van der Waals surface area (Å²) in [5.41, 5.74) is 1.13. The average Bonchev–Trinajstić information content (AvgIpc) is 3.16. The van der Waals surface area contributed by atoms with Crippen molar-refractivity contribution in [3.8, 4) is 0 Å². The fraction of sp³-hybridized carbons (Fsp3) is 0.429. The minimum atomic E-state index is -0.951. The summed E-state index contributed by atoms with van der Waals surface area (Å²) in [6, 6.07) is 6.47. The normalized spacial score (nSPS) is 20.9. The lowest BCUT2D eigenvalue weighted by molar-refractivity contribution is -0.123. The van der Waals surface area contributed by atoms with E-state index in [-0.39, 0.29) is 23.5 Å². The molecule has 1 saturated carbocycles. The van der Waals surface area contributed by atoms with Crippen molar-refractivity contribution < 1.29 is 19.4 Å². The minimum absolute atomic E-state index is 0.000705. The first-order valence-electron chi connectivity index (χ1n) is 6.33. The molecule has 1 aromatic rings. The summed E-state index contributed by atoms with van der Waals surface area (Å²) in [5.74, 6) is -0.980. The van der Waals surface area contributed by atoms with Gasteiger partial charge >= 0.3 is 5.97 Å². The molecule has 0 spiro atoms. The Labute approximate surface area is 111 Å². The molecule has 1 aliphatic rings. The molecule has 0 heterocycles. The number of carbonyl (C=O) groups excluding carboxylic acids is 1. The number of nitrogens with one attached hydrogen (secondary N) is 1. The monoisotopic (exact) mass is 263 g/mol. The van der Waals surface area contributed by atoms with Crippen LogP contribution in [-0.4, -0.2) is 29.7 Å². The SMILES string of the molecule is CCO[C@H]1C[C@@H]1C(=O)NCc1ccc(C(=O)O)cc1. The van der Waals surface area contributed by atoms with Gasteiger partial charge in [0.25, 0.3) is 0 Å². The van der Waals surface area contributed by atoms with Gasteiger partial charge in [-0.2, -0.15) is 0 Å². The van der Waals surface area contributed by atoms with Gasteiger partial charge in [-0.25, -0.2) is 4.79 Å². The van der Waals surface area contributed by atoms with Crippen LogP contribution in [0.2, 0.25) is 0 Å². The highest BCUT2D eigenvalue weighted by molar-refractivity contribution is 5.87. The van der Waals surface area contributed by atoms with E-state index in [1.807, 2.05) is 6.92 Å². The summed E-state index contributed by atoms with van der Waals surface area (Å²) in [6.07, 6.45) is 0.858. The maximum atomic E-state index is 11.8. The van der Waals surface area contributed by atoms with E-state index in [0.717, 1.165) is 12.0 Å². The number of carboxylic acid groups (broad SMARTS) is 1. The van der Waals surface area contributed by atoms with Crippen molar-refractivity contribution in [3.63, 3.8) is 0 Å². The molecule has 0 aliphatic heterocycles. The van der Waals surface area contributed by atoms with Crippen molar-refractivity contribution in [1.29, 1.82) is 0 Å². The van der Waals surface area contributed by atoms with Gasteiger partial charge in [0.15, 0.2) is 0 Å². The standard InChI is InChI=1S/C14H17NO4/c1-2-19-12-7-11(12)13(16)15-8-9-3-5-10(6-4-9)14(17)18/h3-6,11-12H,2,7-8H2,1H3,(H,15,16)(H,17,18)/t11-,12-/m0/s1. The number of amides is 1. The Morgan fingerprint density at radius 2 is 2.05 bits per heavy atom. The highest BCUT2D eigenvalue weighted by Crippen LogP contribution is 2.33. The molecule has 19 heavy (non-hydrogen) atoms. The first-order chi connectivity index (χ1) is 9.11. The number of carbonyl (C=O) groups is 2. The Bertz CT molecular complexity index is 469. The van der Waals surface area contributed by atoms with Crippen LogP contribution in [0.4, 0.5) is 0 Å². The van der Waals surface area contributed by atoms with Gasteiger partial charge in [0.2, 0.25) is 5.91 Å². The van der Waals surface area contributed by atoms with Crippen molar-refractivity contribution >= 4 is 11.9 Å². The van der Waals surface area contributed by atoms with Crippen LogP contribution in [0.15, 0.2) is 24.3 Å². The van der Waals surface area contributed by atoms with E-state index in [1.165, 1.54) is 12.1 Å². The number of carboxylic acids is 1. The number of benzene rings is 1. The molecule has 1 amide bonds. The second kappa shape index (κ2) is 5.84. The van der Waals surface area contributed by atoms with E-state index in [9.17, 15) is 9.59 Å². The number of hydrogen-bond acceptors (Lipinski definition) is 3. The van der Waals surface area contributed by atoms with E-state index in [2.05, 4.69) is 5.32 Å². The van der Waals surface area contributed by atoms with Crippen LogP contribution in [0.5, 0.6) is 0 Å². The van der Waals surface area contributed by atoms with Gasteiger partial charge in [-0.1, -0.05) is 12.1 Å². The molecule has 2 N–H and O–H groups in total. The molecule has 0 radical (unpaired) electrons. The topological polar surface area (TPSA) is 75.6 Å². The van der Waals surface area contributed by atoms with Crippen molar-refractivity contribution in [2.75, 3.05) is 6.61 Å². The quantitative estimate of drug-likeness (QED) is 0.814. The lowest BCUT2D eigenvalue weighted by atomic mass is 10.1. The van der Waals surface area contributed by atoms with Crippen molar-refractivity contribution in [2.45, 2.75) is 26.0 Å². The predicted octanol–water partition coefficient (Wildman–Crippen LogP) is 1.43. The molecule has 0 bridgehead atoms. The van der Waals surface area contributed by atoms with E-state index >= 15 is 0 Å². The third-order valence-corrected chi connectivity index (χ3v) is 3.12. The number of aromatic carboxylic acids is 1. The number of hydrogen-bond donors (Lipinski definition) is 2. The molecule has 2 atom stereocenters. The third-order valence-electron chi connectivity index (χ3n) is 3.12. The smallest absolute Gasteiger partial charge is 0.335 e. The van der Waals surface area contributed by atoms with E-state index in [0.29, 0.717) is 13.2 Å². The third kappa shape index (κ3) is 3.54.